The summed E-state index contributed by atoms with van der Waals surface area (Å²) >= 11 is 0. The molecule has 0 bridgehead atoms. The van der Waals surface area contributed by atoms with Crippen LogP contribution in [0.3, 0.4) is 0 Å². The van der Waals surface area contributed by atoms with Gasteiger partial charge in [-0.3, -0.25) is 19.3 Å². The van der Waals surface area contributed by atoms with Crippen LogP contribution in [0.1, 0.15) is 52.7 Å². The van der Waals surface area contributed by atoms with Crippen molar-refractivity contribution in [2.24, 2.45) is 11.3 Å². The second kappa shape index (κ2) is 14.3. The predicted molar refractivity (Wildman–Crippen MR) is 167 cm³/mol. The molecule has 9 heteroatoms. The van der Waals surface area contributed by atoms with Crippen LogP contribution in [0.25, 0.3) is 5.70 Å². The van der Waals surface area contributed by atoms with E-state index in [9.17, 15) is 19.5 Å². The maximum absolute atomic E-state index is 13.9. The fraction of sp³-hybridized carbons (Fsp3) is 0.485. The highest BCUT2D eigenvalue weighted by Crippen LogP contribution is 2.31. The van der Waals surface area contributed by atoms with Crippen molar-refractivity contribution in [2.45, 2.75) is 85.3 Å². The van der Waals surface area contributed by atoms with Crippen LogP contribution in [0.5, 0.6) is 0 Å². The van der Waals surface area contributed by atoms with Gasteiger partial charge in [-0.05, 0) is 42.0 Å². The number of hydrogen-bond donors (Lipinski definition) is 2. The smallest absolute Gasteiger partial charge is 0.250 e. The summed E-state index contributed by atoms with van der Waals surface area (Å²) in [6, 6.07) is 17.6. The number of hydrogen-bond acceptors (Lipinski definition) is 5. The fourth-order valence-corrected chi connectivity index (χ4v) is 6.32. The van der Waals surface area contributed by atoms with Gasteiger partial charge in [-0.25, -0.2) is 0 Å². The minimum atomic E-state index is -1.15. The summed E-state index contributed by atoms with van der Waals surface area (Å²) < 4.78 is 6.28. The van der Waals surface area contributed by atoms with Gasteiger partial charge in [0.1, 0.15) is 12.6 Å². The molecule has 3 rings (SSSR count). The first-order valence-corrected chi connectivity index (χ1v) is 17.0. The standard InChI is InChI=1S/C33H46N3O5Si/c1-22(2)29-32(40)36(27(20-35(29)23(3)37)25-17-13-10-14-18-25)21-28(38)34-26(19-24-15-11-9-12-16-24)30(39)31(33(4,5)6)41-42(7)8/h9-18,20,22,26,29-31,39H,19,21H2,1-8H3,(H,34,38)/t26-,29+,30?,31?/m0/s1. The normalized spacial score (nSPS) is 18.1. The van der Waals surface area contributed by atoms with E-state index in [4.69, 9.17) is 4.43 Å². The molecule has 1 aliphatic rings. The van der Waals surface area contributed by atoms with Crippen LogP contribution in [-0.2, 0) is 25.2 Å². The Bertz CT molecular complexity index is 1240. The lowest BCUT2D eigenvalue weighted by atomic mass is 9.82. The maximum atomic E-state index is 13.9. The molecule has 1 radical (unpaired) electrons. The van der Waals surface area contributed by atoms with Crippen LogP contribution in [0.15, 0.2) is 66.9 Å². The monoisotopic (exact) mass is 592 g/mol. The van der Waals surface area contributed by atoms with Gasteiger partial charge in [0.2, 0.25) is 20.9 Å². The van der Waals surface area contributed by atoms with Gasteiger partial charge in [-0.15, -0.1) is 0 Å². The molecular weight excluding hydrogens is 546 g/mol. The molecule has 8 nitrogen and oxygen atoms in total. The van der Waals surface area contributed by atoms with Crippen molar-refractivity contribution in [3.05, 3.63) is 78.0 Å². The number of benzene rings is 2. The fourth-order valence-electron chi connectivity index (χ4n) is 5.32. The highest BCUT2D eigenvalue weighted by atomic mass is 28.3. The molecule has 1 aliphatic heterocycles. The van der Waals surface area contributed by atoms with Crippen LogP contribution >= 0.6 is 0 Å². The number of aliphatic hydroxyl groups excluding tert-OH is 1. The van der Waals surface area contributed by atoms with Gasteiger partial charge in [0.05, 0.1) is 23.9 Å². The van der Waals surface area contributed by atoms with Crippen molar-refractivity contribution in [3.63, 3.8) is 0 Å². The summed E-state index contributed by atoms with van der Waals surface area (Å²) in [6.45, 7) is 15.0. The summed E-state index contributed by atoms with van der Waals surface area (Å²) in [7, 11) is -1.15. The second-order valence-corrected chi connectivity index (χ2v) is 14.6. The molecule has 0 fully saturated rings. The SMILES string of the molecule is CC(=O)N1C=C(c2ccccc2)N(CC(=O)N[C@@H](Cc2ccccc2)C(O)C(O[Si](C)C)C(C)(C)C)C(=O)[C@H]1C(C)C. The molecule has 0 saturated heterocycles. The Kier molecular flexibility index (Phi) is 11.3. The number of amides is 3. The third kappa shape index (κ3) is 8.39. The van der Waals surface area contributed by atoms with Crippen LogP contribution < -0.4 is 5.32 Å². The zero-order valence-corrected chi connectivity index (χ0v) is 27.1. The Balaban J connectivity index is 1.97. The van der Waals surface area contributed by atoms with Crippen molar-refractivity contribution in [2.75, 3.05) is 6.54 Å². The molecule has 42 heavy (non-hydrogen) atoms. The summed E-state index contributed by atoms with van der Waals surface area (Å²) in [5.74, 6) is -1.14. The summed E-state index contributed by atoms with van der Waals surface area (Å²) in [4.78, 5) is 43.2. The number of carbonyl (C=O) groups is 3. The molecule has 2 N–H and O–H groups in total. The highest BCUT2D eigenvalue weighted by Gasteiger charge is 2.41. The minimum Gasteiger partial charge on any atom is -0.411 e. The van der Waals surface area contributed by atoms with E-state index in [-0.39, 0.29) is 29.7 Å². The lowest BCUT2D eigenvalue weighted by Crippen LogP contribution is -2.58. The van der Waals surface area contributed by atoms with Crippen molar-refractivity contribution in [3.8, 4) is 0 Å². The molecule has 3 amide bonds. The molecule has 2 aromatic carbocycles. The molecule has 1 heterocycles. The molecule has 0 spiro atoms. The largest absolute Gasteiger partial charge is 0.411 e. The number of nitrogens with zero attached hydrogens (tertiary/aromatic N) is 2. The van der Waals surface area contributed by atoms with Gasteiger partial charge in [0, 0.05) is 13.1 Å². The minimum absolute atomic E-state index is 0.169. The average molecular weight is 593 g/mol. The molecule has 4 atom stereocenters. The maximum Gasteiger partial charge on any atom is 0.250 e. The third-order valence-electron chi connectivity index (χ3n) is 7.32. The summed E-state index contributed by atoms with van der Waals surface area (Å²) in [6.07, 6.45) is 0.553. The second-order valence-electron chi connectivity index (χ2n) is 12.6. The van der Waals surface area contributed by atoms with Gasteiger partial charge in [0.15, 0.2) is 0 Å². The van der Waals surface area contributed by atoms with Crippen molar-refractivity contribution in [1.82, 2.24) is 15.1 Å². The highest BCUT2D eigenvalue weighted by molar-refractivity contribution is 6.48. The third-order valence-corrected chi connectivity index (χ3v) is 8.05. The van der Waals surface area contributed by atoms with E-state index in [1.807, 2.05) is 108 Å². The van der Waals surface area contributed by atoms with E-state index in [2.05, 4.69) is 5.32 Å². The first-order chi connectivity index (χ1) is 19.7. The number of carbonyl (C=O) groups excluding carboxylic acids is 3. The molecule has 0 saturated carbocycles. The Morgan fingerprint density at radius 2 is 1.60 bits per heavy atom. The van der Waals surface area contributed by atoms with Crippen LogP contribution in [0, 0.1) is 11.3 Å². The first-order valence-electron chi connectivity index (χ1n) is 14.6. The van der Waals surface area contributed by atoms with Crippen molar-refractivity contribution < 1.29 is 23.9 Å². The summed E-state index contributed by atoms with van der Waals surface area (Å²) in [5, 5.41) is 14.8. The van der Waals surface area contributed by atoms with Crippen LogP contribution in [0.4, 0.5) is 0 Å². The Labute approximate surface area is 252 Å². The van der Waals surface area contributed by atoms with E-state index >= 15 is 0 Å². The van der Waals surface area contributed by atoms with Gasteiger partial charge in [0.25, 0.3) is 5.91 Å². The Hall–Kier alpha value is -3.27. The number of aliphatic hydroxyl groups is 1. The van der Waals surface area contributed by atoms with Gasteiger partial charge >= 0.3 is 0 Å². The molecule has 227 valence electrons. The van der Waals surface area contributed by atoms with Gasteiger partial charge in [-0.2, -0.15) is 0 Å². The first kappa shape index (κ1) is 33.2. The topological polar surface area (TPSA) is 99.2 Å². The van der Waals surface area contributed by atoms with Crippen molar-refractivity contribution >= 4 is 32.5 Å². The van der Waals surface area contributed by atoms with E-state index < -0.39 is 39.2 Å². The Morgan fingerprint density at radius 1 is 1.02 bits per heavy atom. The number of nitrogens with one attached hydrogen (secondary N) is 1. The van der Waals surface area contributed by atoms with Gasteiger partial charge < -0.3 is 19.7 Å². The lowest BCUT2D eigenvalue weighted by molar-refractivity contribution is -0.145. The molecule has 2 aromatic rings. The zero-order valence-electron chi connectivity index (χ0n) is 26.1. The predicted octanol–water partition coefficient (Wildman–Crippen LogP) is 4.47. The Morgan fingerprint density at radius 3 is 2.10 bits per heavy atom. The zero-order chi connectivity index (χ0) is 31.2. The van der Waals surface area contributed by atoms with E-state index in [1.54, 1.807) is 6.20 Å². The molecule has 2 unspecified atom stereocenters. The van der Waals surface area contributed by atoms with E-state index in [1.165, 1.54) is 16.7 Å². The molecular formula is C33H46N3O5Si. The quantitative estimate of drug-likeness (QED) is 0.375. The van der Waals surface area contributed by atoms with E-state index in [0.29, 0.717) is 12.1 Å². The van der Waals surface area contributed by atoms with E-state index in [0.717, 1.165) is 11.1 Å². The van der Waals surface area contributed by atoms with Crippen molar-refractivity contribution in [1.29, 1.82) is 0 Å². The molecule has 0 aromatic heterocycles. The molecule has 0 aliphatic carbocycles. The van der Waals surface area contributed by atoms with Gasteiger partial charge in [-0.1, -0.05) is 95.3 Å². The van der Waals surface area contributed by atoms with Crippen LogP contribution in [0.2, 0.25) is 13.1 Å². The average Bonchev–Trinajstić information content (AvgIpc) is 2.91. The summed E-state index contributed by atoms with van der Waals surface area (Å²) in [5.41, 5.74) is 1.77. The van der Waals surface area contributed by atoms with Crippen LogP contribution in [-0.4, -0.2) is 72.5 Å². The number of rotatable bonds is 11. The lowest BCUT2D eigenvalue weighted by Gasteiger charge is -2.41.